The number of nitro groups is 1. The van der Waals surface area contributed by atoms with Crippen LogP contribution in [0.1, 0.15) is 24.8 Å². The van der Waals surface area contributed by atoms with Crippen LogP contribution in [0.15, 0.2) is 12.3 Å². The topological polar surface area (TPSA) is 68.1 Å². The number of pyridine rings is 1. The van der Waals surface area contributed by atoms with Crippen molar-refractivity contribution in [1.29, 1.82) is 0 Å². The van der Waals surface area contributed by atoms with Gasteiger partial charge in [-0.25, -0.2) is 4.98 Å². The van der Waals surface area contributed by atoms with Gasteiger partial charge in [0.1, 0.15) is 12.0 Å². The number of hydrogen-bond acceptors (Lipinski definition) is 4. The number of aromatic nitrogens is 1. The first kappa shape index (κ1) is 15.2. The fraction of sp³-hybridized carbons (Fsp3) is 0.545. The van der Waals surface area contributed by atoms with Crippen LogP contribution in [0.3, 0.4) is 0 Å². The first-order valence-electron chi connectivity index (χ1n) is 5.71. The van der Waals surface area contributed by atoms with Crippen LogP contribution in [-0.4, -0.2) is 22.6 Å². The van der Waals surface area contributed by atoms with Gasteiger partial charge in [0, 0.05) is 18.5 Å². The Morgan fingerprint density at radius 2 is 2.11 bits per heavy atom. The van der Waals surface area contributed by atoms with Crippen LogP contribution in [0.5, 0.6) is 0 Å². The fourth-order valence-corrected chi connectivity index (χ4v) is 1.50. The summed E-state index contributed by atoms with van der Waals surface area (Å²) < 4.78 is 35.6. The zero-order valence-corrected chi connectivity index (χ0v) is 10.3. The molecule has 1 rings (SSSR count). The van der Waals surface area contributed by atoms with Crippen molar-refractivity contribution in [2.75, 3.05) is 11.9 Å². The largest absolute Gasteiger partial charge is 0.389 e. The molecule has 0 saturated carbocycles. The highest BCUT2D eigenvalue weighted by Crippen LogP contribution is 2.22. The molecule has 0 saturated heterocycles. The first-order valence-corrected chi connectivity index (χ1v) is 5.71. The summed E-state index contributed by atoms with van der Waals surface area (Å²) in [7, 11) is 0. The summed E-state index contributed by atoms with van der Waals surface area (Å²) in [5.74, 6) is 0.426. The standard InChI is InChI=1S/C11H14F3N3O2/c1-8-6-10(16-7-9(8)17(18)19)15-5-3-2-4-11(12,13)14/h6-7H,2-5H2,1H3,(H,15,16). The molecule has 0 amide bonds. The second-order valence-electron chi connectivity index (χ2n) is 4.11. The highest BCUT2D eigenvalue weighted by atomic mass is 19.4. The van der Waals surface area contributed by atoms with Crippen molar-refractivity contribution in [3.05, 3.63) is 27.9 Å². The molecule has 1 N–H and O–H groups in total. The number of nitrogens with one attached hydrogen (secondary N) is 1. The Kier molecular flexibility index (Phi) is 5.08. The van der Waals surface area contributed by atoms with Crippen molar-refractivity contribution in [2.24, 2.45) is 0 Å². The van der Waals surface area contributed by atoms with Gasteiger partial charge in [0.2, 0.25) is 0 Å². The van der Waals surface area contributed by atoms with E-state index in [9.17, 15) is 23.3 Å². The van der Waals surface area contributed by atoms with Gasteiger partial charge < -0.3 is 5.32 Å². The van der Waals surface area contributed by atoms with Gasteiger partial charge in [-0.3, -0.25) is 10.1 Å². The fourth-order valence-electron chi connectivity index (χ4n) is 1.50. The van der Waals surface area contributed by atoms with Gasteiger partial charge in [-0.15, -0.1) is 0 Å². The maximum Gasteiger partial charge on any atom is 0.389 e. The number of nitrogens with zero attached hydrogens (tertiary/aromatic N) is 2. The molecule has 0 atom stereocenters. The average Bonchev–Trinajstić information content (AvgIpc) is 2.26. The number of halogens is 3. The van der Waals surface area contributed by atoms with E-state index < -0.39 is 17.5 Å². The summed E-state index contributed by atoms with van der Waals surface area (Å²) in [4.78, 5) is 13.9. The van der Waals surface area contributed by atoms with Crippen LogP contribution in [0.25, 0.3) is 0 Å². The predicted octanol–water partition coefficient (Wildman–Crippen LogP) is 3.44. The van der Waals surface area contributed by atoms with Gasteiger partial charge in [0.15, 0.2) is 0 Å². The van der Waals surface area contributed by atoms with Gasteiger partial charge in [0.25, 0.3) is 5.69 Å². The van der Waals surface area contributed by atoms with Crippen molar-refractivity contribution in [3.8, 4) is 0 Å². The van der Waals surface area contributed by atoms with Gasteiger partial charge in [-0.2, -0.15) is 13.2 Å². The van der Waals surface area contributed by atoms with E-state index in [0.29, 0.717) is 24.3 Å². The Labute approximate surface area is 108 Å². The number of rotatable bonds is 6. The SMILES string of the molecule is Cc1cc(NCCCCC(F)(F)F)ncc1[N+](=O)[O-]. The number of anilines is 1. The van der Waals surface area contributed by atoms with Gasteiger partial charge in [-0.05, 0) is 25.8 Å². The highest BCUT2D eigenvalue weighted by Gasteiger charge is 2.25. The van der Waals surface area contributed by atoms with Crippen molar-refractivity contribution in [3.63, 3.8) is 0 Å². The Morgan fingerprint density at radius 1 is 1.42 bits per heavy atom. The third-order valence-electron chi connectivity index (χ3n) is 2.47. The van der Waals surface area contributed by atoms with E-state index in [4.69, 9.17) is 0 Å². The van der Waals surface area contributed by atoms with Crippen LogP contribution in [0.2, 0.25) is 0 Å². The predicted molar refractivity (Wildman–Crippen MR) is 64.0 cm³/mol. The van der Waals surface area contributed by atoms with Crippen LogP contribution < -0.4 is 5.32 Å². The molecule has 1 aromatic heterocycles. The Hall–Kier alpha value is -1.86. The number of alkyl halides is 3. The van der Waals surface area contributed by atoms with E-state index in [2.05, 4.69) is 10.3 Å². The van der Waals surface area contributed by atoms with E-state index in [1.54, 1.807) is 6.92 Å². The smallest absolute Gasteiger partial charge is 0.370 e. The molecule has 0 fully saturated rings. The van der Waals surface area contributed by atoms with Gasteiger partial charge in [0.05, 0.1) is 4.92 Å². The molecule has 0 spiro atoms. The lowest BCUT2D eigenvalue weighted by atomic mass is 10.2. The summed E-state index contributed by atoms with van der Waals surface area (Å²) >= 11 is 0. The third kappa shape index (κ3) is 5.54. The van der Waals surface area contributed by atoms with E-state index in [0.717, 1.165) is 6.20 Å². The van der Waals surface area contributed by atoms with Gasteiger partial charge in [-0.1, -0.05) is 0 Å². The Balaban J connectivity index is 2.38. The van der Waals surface area contributed by atoms with Crippen LogP contribution in [0.4, 0.5) is 24.7 Å². The summed E-state index contributed by atoms with van der Waals surface area (Å²) in [6.07, 6.45) is -3.39. The van der Waals surface area contributed by atoms with Crippen molar-refractivity contribution in [2.45, 2.75) is 32.4 Å². The normalized spacial score (nSPS) is 11.4. The second-order valence-corrected chi connectivity index (χ2v) is 4.11. The lowest BCUT2D eigenvalue weighted by molar-refractivity contribution is -0.385. The maximum absolute atomic E-state index is 11.9. The van der Waals surface area contributed by atoms with Crippen molar-refractivity contribution in [1.82, 2.24) is 4.98 Å². The zero-order valence-electron chi connectivity index (χ0n) is 10.3. The van der Waals surface area contributed by atoms with E-state index in [1.807, 2.05) is 0 Å². The van der Waals surface area contributed by atoms with Crippen LogP contribution in [0, 0.1) is 17.0 Å². The Morgan fingerprint density at radius 3 is 2.63 bits per heavy atom. The molecule has 0 aliphatic carbocycles. The molecular formula is C11H14F3N3O2. The second kappa shape index (κ2) is 6.35. The van der Waals surface area contributed by atoms with E-state index >= 15 is 0 Å². The molecule has 1 aromatic rings. The average molecular weight is 277 g/mol. The highest BCUT2D eigenvalue weighted by molar-refractivity contribution is 5.46. The lowest BCUT2D eigenvalue weighted by Crippen LogP contribution is -2.09. The summed E-state index contributed by atoms with van der Waals surface area (Å²) in [5.41, 5.74) is 0.375. The van der Waals surface area contributed by atoms with Crippen molar-refractivity contribution >= 4 is 11.5 Å². The third-order valence-corrected chi connectivity index (χ3v) is 2.47. The van der Waals surface area contributed by atoms with Gasteiger partial charge >= 0.3 is 6.18 Å². The first-order chi connectivity index (χ1) is 8.79. The molecule has 19 heavy (non-hydrogen) atoms. The van der Waals surface area contributed by atoms with Crippen LogP contribution in [-0.2, 0) is 0 Å². The molecule has 0 aliphatic rings. The number of aryl methyl sites for hydroxylation is 1. The van der Waals surface area contributed by atoms with E-state index in [1.165, 1.54) is 6.07 Å². The van der Waals surface area contributed by atoms with Crippen LogP contribution >= 0.6 is 0 Å². The summed E-state index contributed by atoms with van der Waals surface area (Å²) in [6.45, 7) is 1.93. The molecule has 0 unspecified atom stereocenters. The quantitative estimate of drug-likeness (QED) is 0.491. The molecule has 0 radical (unpaired) electrons. The monoisotopic (exact) mass is 277 g/mol. The minimum absolute atomic E-state index is 0.0441. The lowest BCUT2D eigenvalue weighted by Gasteiger charge is -2.08. The molecular weight excluding hydrogens is 263 g/mol. The molecule has 106 valence electrons. The van der Waals surface area contributed by atoms with E-state index in [-0.39, 0.29) is 12.1 Å². The zero-order chi connectivity index (χ0) is 14.5. The molecule has 0 aromatic carbocycles. The molecule has 0 bridgehead atoms. The van der Waals surface area contributed by atoms with Crippen molar-refractivity contribution < 1.29 is 18.1 Å². The molecule has 0 aliphatic heterocycles. The number of hydrogen-bond donors (Lipinski definition) is 1. The minimum atomic E-state index is -4.12. The molecule has 5 nitrogen and oxygen atoms in total. The molecule has 1 heterocycles. The minimum Gasteiger partial charge on any atom is -0.370 e. The molecule has 8 heteroatoms. The maximum atomic E-state index is 11.9. The summed E-state index contributed by atoms with van der Waals surface area (Å²) in [6, 6.07) is 1.50. The Bertz CT molecular complexity index is 449. The number of unbranched alkanes of at least 4 members (excludes halogenated alkanes) is 1. The summed E-state index contributed by atoms with van der Waals surface area (Å²) in [5, 5.41) is 13.4.